The van der Waals surface area contributed by atoms with Gasteiger partial charge in [0.2, 0.25) is 0 Å². The zero-order chi connectivity index (χ0) is 15.8. The summed E-state index contributed by atoms with van der Waals surface area (Å²) >= 11 is 0. The van der Waals surface area contributed by atoms with Crippen molar-refractivity contribution in [2.75, 3.05) is 6.54 Å². The van der Waals surface area contributed by atoms with Crippen LogP contribution in [0.4, 0.5) is 4.79 Å². The summed E-state index contributed by atoms with van der Waals surface area (Å²) in [6.07, 6.45) is 6.61. The van der Waals surface area contributed by atoms with Gasteiger partial charge in [-0.1, -0.05) is 37.8 Å². The smallest absolute Gasteiger partial charge is 0.315 e. The van der Waals surface area contributed by atoms with E-state index in [1.807, 2.05) is 38.1 Å². The van der Waals surface area contributed by atoms with Crippen molar-refractivity contribution in [3.63, 3.8) is 0 Å². The second-order valence-electron chi connectivity index (χ2n) is 6.36. The minimum atomic E-state index is -0.0897. The van der Waals surface area contributed by atoms with Crippen LogP contribution in [-0.2, 0) is 6.54 Å². The number of amides is 2. The second-order valence-corrected chi connectivity index (χ2v) is 6.36. The van der Waals surface area contributed by atoms with Crippen molar-refractivity contribution in [1.29, 1.82) is 0 Å². The van der Waals surface area contributed by atoms with E-state index in [2.05, 4.69) is 10.6 Å². The molecule has 0 aromatic heterocycles. The Kier molecular flexibility index (Phi) is 6.56. The van der Waals surface area contributed by atoms with Crippen LogP contribution in [0.5, 0.6) is 5.75 Å². The first-order valence-electron chi connectivity index (χ1n) is 8.41. The summed E-state index contributed by atoms with van der Waals surface area (Å²) in [5.41, 5.74) is 1.05. The van der Waals surface area contributed by atoms with Gasteiger partial charge in [0.15, 0.2) is 0 Å². The SMILES string of the molecule is CC(C)Oc1cccc(CNC(=O)NCCC2CCCC2)c1. The molecule has 1 saturated carbocycles. The van der Waals surface area contributed by atoms with Gasteiger partial charge in [-0.3, -0.25) is 0 Å². The molecule has 0 spiro atoms. The van der Waals surface area contributed by atoms with Gasteiger partial charge in [-0.15, -0.1) is 0 Å². The van der Waals surface area contributed by atoms with Crippen LogP contribution >= 0.6 is 0 Å². The summed E-state index contributed by atoms with van der Waals surface area (Å²) < 4.78 is 5.66. The molecule has 1 aromatic rings. The third-order valence-corrected chi connectivity index (χ3v) is 4.04. The van der Waals surface area contributed by atoms with Crippen LogP contribution in [0.25, 0.3) is 0 Å². The largest absolute Gasteiger partial charge is 0.491 e. The topological polar surface area (TPSA) is 50.4 Å². The summed E-state index contributed by atoms with van der Waals surface area (Å²) in [6, 6.07) is 7.76. The quantitative estimate of drug-likeness (QED) is 0.804. The Bertz CT molecular complexity index is 468. The van der Waals surface area contributed by atoms with Crippen LogP contribution < -0.4 is 15.4 Å². The number of hydrogen-bond donors (Lipinski definition) is 2. The van der Waals surface area contributed by atoms with Gasteiger partial charge >= 0.3 is 6.03 Å². The van der Waals surface area contributed by atoms with E-state index in [0.717, 1.165) is 30.2 Å². The van der Waals surface area contributed by atoms with Gasteiger partial charge in [-0.05, 0) is 43.9 Å². The molecule has 0 atom stereocenters. The molecule has 0 radical (unpaired) electrons. The highest BCUT2D eigenvalue weighted by atomic mass is 16.5. The second kappa shape index (κ2) is 8.66. The van der Waals surface area contributed by atoms with E-state index < -0.39 is 0 Å². The van der Waals surface area contributed by atoms with Crippen LogP contribution in [0.3, 0.4) is 0 Å². The van der Waals surface area contributed by atoms with Gasteiger partial charge < -0.3 is 15.4 Å². The van der Waals surface area contributed by atoms with Crippen molar-refractivity contribution in [3.05, 3.63) is 29.8 Å². The van der Waals surface area contributed by atoms with Gasteiger partial charge in [-0.2, -0.15) is 0 Å². The molecule has 1 fully saturated rings. The zero-order valence-corrected chi connectivity index (χ0v) is 13.7. The Balaban J connectivity index is 1.66. The lowest BCUT2D eigenvalue weighted by molar-refractivity contribution is 0.238. The van der Waals surface area contributed by atoms with Gasteiger partial charge in [0.05, 0.1) is 6.10 Å². The highest BCUT2D eigenvalue weighted by Crippen LogP contribution is 2.26. The molecule has 0 bridgehead atoms. The highest BCUT2D eigenvalue weighted by Gasteiger charge is 2.14. The van der Waals surface area contributed by atoms with E-state index in [4.69, 9.17) is 4.74 Å². The lowest BCUT2D eigenvalue weighted by Gasteiger charge is -2.12. The van der Waals surface area contributed by atoms with Crippen molar-refractivity contribution in [2.45, 2.75) is 58.6 Å². The average Bonchev–Trinajstić information content (AvgIpc) is 2.98. The first-order chi connectivity index (χ1) is 10.6. The molecular weight excluding hydrogens is 276 g/mol. The molecule has 1 aliphatic carbocycles. The van der Waals surface area contributed by atoms with Crippen molar-refractivity contribution < 1.29 is 9.53 Å². The molecule has 2 rings (SSSR count). The van der Waals surface area contributed by atoms with Gasteiger partial charge in [-0.25, -0.2) is 4.79 Å². The van der Waals surface area contributed by atoms with E-state index >= 15 is 0 Å². The van der Waals surface area contributed by atoms with Crippen molar-refractivity contribution in [2.24, 2.45) is 5.92 Å². The Hall–Kier alpha value is -1.71. The third-order valence-electron chi connectivity index (χ3n) is 4.04. The maximum absolute atomic E-state index is 11.8. The summed E-state index contributed by atoms with van der Waals surface area (Å²) in [5, 5.41) is 5.84. The van der Waals surface area contributed by atoms with Crippen molar-refractivity contribution in [3.8, 4) is 5.75 Å². The number of carbonyl (C=O) groups is 1. The molecule has 122 valence electrons. The number of benzene rings is 1. The molecule has 1 aromatic carbocycles. The average molecular weight is 304 g/mol. The van der Waals surface area contributed by atoms with Crippen LogP contribution in [0.1, 0.15) is 51.5 Å². The number of urea groups is 1. The summed E-state index contributed by atoms with van der Waals surface area (Å²) in [4.78, 5) is 11.8. The minimum absolute atomic E-state index is 0.0897. The monoisotopic (exact) mass is 304 g/mol. The highest BCUT2D eigenvalue weighted by molar-refractivity contribution is 5.73. The number of nitrogens with one attached hydrogen (secondary N) is 2. The predicted molar refractivity (Wildman–Crippen MR) is 89.0 cm³/mol. The Morgan fingerprint density at radius 3 is 2.77 bits per heavy atom. The number of ether oxygens (including phenoxy) is 1. The van der Waals surface area contributed by atoms with Crippen molar-refractivity contribution >= 4 is 6.03 Å². The fraction of sp³-hybridized carbons (Fsp3) is 0.611. The fourth-order valence-corrected chi connectivity index (χ4v) is 2.93. The summed E-state index contributed by atoms with van der Waals surface area (Å²) in [5.74, 6) is 1.65. The Morgan fingerprint density at radius 1 is 1.27 bits per heavy atom. The van der Waals surface area contributed by atoms with E-state index in [1.54, 1.807) is 0 Å². The molecule has 4 nitrogen and oxygen atoms in total. The maximum Gasteiger partial charge on any atom is 0.315 e. The molecule has 22 heavy (non-hydrogen) atoms. The van der Waals surface area contributed by atoms with Gasteiger partial charge in [0.1, 0.15) is 5.75 Å². The number of hydrogen-bond acceptors (Lipinski definition) is 2. The summed E-state index contributed by atoms with van der Waals surface area (Å²) in [7, 11) is 0. The number of rotatable bonds is 7. The molecule has 0 heterocycles. The lowest BCUT2D eigenvalue weighted by Crippen LogP contribution is -2.36. The molecule has 4 heteroatoms. The van der Waals surface area contributed by atoms with Crippen LogP contribution in [0, 0.1) is 5.92 Å². The van der Waals surface area contributed by atoms with E-state index in [9.17, 15) is 4.79 Å². The van der Waals surface area contributed by atoms with Gasteiger partial charge in [0.25, 0.3) is 0 Å². The molecule has 2 N–H and O–H groups in total. The summed E-state index contributed by atoms with van der Waals surface area (Å²) in [6.45, 7) is 5.29. The fourth-order valence-electron chi connectivity index (χ4n) is 2.93. The van der Waals surface area contributed by atoms with Crippen molar-refractivity contribution in [1.82, 2.24) is 10.6 Å². The maximum atomic E-state index is 11.8. The number of carbonyl (C=O) groups excluding carboxylic acids is 1. The van der Waals surface area contributed by atoms with Crippen LogP contribution in [0.15, 0.2) is 24.3 Å². The normalized spacial score (nSPS) is 15.0. The molecule has 0 saturated heterocycles. The van der Waals surface area contributed by atoms with Gasteiger partial charge in [0, 0.05) is 13.1 Å². The molecule has 0 aliphatic heterocycles. The van der Waals surface area contributed by atoms with E-state index in [0.29, 0.717) is 6.54 Å². The Morgan fingerprint density at radius 2 is 2.05 bits per heavy atom. The Labute approximate surface area is 133 Å². The molecular formula is C18H28N2O2. The minimum Gasteiger partial charge on any atom is -0.491 e. The first kappa shape index (κ1) is 16.7. The molecule has 1 aliphatic rings. The predicted octanol–water partition coefficient (Wildman–Crippen LogP) is 3.85. The first-order valence-corrected chi connectivity index (χ1v) is 8.41. The van der Waals surface area contributed by atoms with Crippen LogP contribution in [0.2, 0.25) is 0 Å². The molecule has 2 amide bonds. The van der Waals surface area contributed by atoms with Crippen LogP contribution in [-0.4, -0.2) is 18.7 Å². The van der Waals surface area contributed by atoms with E-state index in [1.165, 1.54) is 25.7 Å². The third kappa shape index (κ3) is 5.96. The molecule has 0 unspecified atom stereocenters. The lowest BCUT2D eigenvalue weighted by atomic mass is 10.0. The standard InChI is InChI=1S/C18H28N2O2/c1-14(2)22-17-9-5-8-16(12-17)13-20-18(21)19-11-10-15-6-3-4-7-15/h5,8-9,12,14-15H,3-4,6-7,10-11,13H2,1-2H3,(H2,19,20,21). The zero-order valence-electron chi connectivity index (χ0n) is 13.7. The van der Waals surface area contributed by atoms with E-state index in [-0.39, 0.29) is 12.1 Å².